The van der Waals surface area contributed by atoms with E-state index in [1.807, 2.05) is 13.8 Å². The van der Waals surface area contributed by atoms with Crippen LogP contribution in [0.3, 0.4) is 0 Å². The fourth-order valence-corrected chi connectivity index (χ4v) is 0.589. The molecule has 1 aromatic heterocycles. The molecule has 0 radical (unpaired) electrons. The molecule has 60 valence electrons. The van der Waals surface area contributed by atoms with E-state index in [2.05, 4.69) is 9.97 Å². The summed E-state index contributed by atoms with van der Waals surface area (Å²) in [6.07, 6.45) is 4.24. The molecule has 0 aliphatic heterocycles. The first-order chi connectivity index (χ1) is 5.20. The number of aromatic nitrogens is 2. The van der Waals surface area contributed by atoms with Crippen LogP contribution < -0.4 is 0 Å². The van der Waals surface area contributed by atoms with Gasteiger partial charge in [-0.05, 0) is 20.8 Å². The Morgan fingerprint density at radius 1 is 1.27 bits per heavy atom. The van der Waals surface area contributed by atoms with E-state index in [4.69, 9.17) is 4.79 Å². The predicted octanol–water partition coefficient (Wildman–Crippen LogP) is 1.30. The molecular formula is C8H12N2O. The zero-order valence-corrected chi connectivity index (χ0v) is 7.03. The fraction of sp³-hybridized carbons (Fsp3) is 0.375. The van der Waals surface area contributed by atoms with Crippen molar-refractivity contribution in [3.05, 3.63) is 23.8 Å². The van der Waals surface area contributed by atoms with Crippen LogP contribution in [-0.4, -0.2) is 16.3 Å². The average Bonchev–Trinajstić information content (AvgIpc) is 1.88. The van der Waals surface area contributed by atoms with E-state index in [0.717, 1.165) is 17.7 Å². The zero-order valence-electron chi connectivity index (χ0n) is 7.03. The molecule has 3 nitrogen and oxygen atoms in total. The van der Waals surface area contributed by atoms with Crippen molar-refractivity contribution in [2.24, 2.45) is 0 Å². The smallest absolute Gasteiger partial charge is 0.116 e. The van der Waals surface area contributed by atoms with Crippen molar-refractivity contribution in [1.29, 1.82) is 0 Å². The second kappa shape index (κ2) is 5.53. The summed E-state index contributed by atoms with van der Waals surface area (Å²) in [6.45, 7) is 5.31. The van der Waals surface area contributed by atoms with E-state index >= 15 is 0 Å². The van der Waals surface area contributed by atoms with E-state index in [1.54, 1.807) is 12.4 Å². The summed E-state index contributed by atoms with van der Waals surface area (Å²) < 4.78 is 0. The number of nitrogens with zero attached hydrogens (tertiary/aromatic N) is 2. The largest absolute Gasteiger partial charge is 0.304 e. The molecule has 0 bridgehead atoms. The highest BCUT2D eigenvalue weighted by Crippen LogP contribution is 1.89. The van der Waals surface area contributed by atoms with E-state index in [0.29, 0.717) is 0 Å². The standard InChI is InChI=1S/C6H8N2.C2H4O/c1-5-3-7-4-6(2)8-5;1-2-3/h3-4H,1-2H3;2H,1H3. The van der Waals surface area contributed by atoms with Gasteiger partial charge in [-0.1, -0.05) is 0 Å². The summed E-state index contributed by atoms with van der Waals surface area (Å²) >= 11 is 0. The van der Waals surface area contributed by atoms with Gasteiger partial charge in [0.2, 0.25) is 0 Å². The fourth-order valence-electron chi connectivity index (χ4n) is 0.589. The highest BCUT2D eigenvalue weighted by atomic mass is 16.1. The molecule has 3 heteroatoms. The normalized spacial score (nSPS) is 7.91. The van der Waals surface area contributed by atoms with Gasteiger partial charge in [-0.3, -0.25) is 9.97 Å². The third kappa shape index (κ3) is 5.21. The molecule has 0 unspecified atom stereocenters. The lowest BCUT2D eigenvalue weighted by Crippen LogP contribution is -1.85. The molecule has 0 saturated heterocycles. The second-order valence-corrected chi connectivity index (χ2v) is 2.04. The first-order valence-electron chi connectivity index (χ1n) is 3.35. The summed E-state index contributed by atoms with van der Waals surface area (Å²) in [6, 6.07) is 0. The van der Waals surface area contributed by atoms with Crippen molar-refractivity contribution in [3.63, 3.8) is 0 Å². The number of carbonyl (C=O) groups excluding carboxylic acids is 1. The Morgan fingerprint density at radius 2 is 1.64 bits per heavy atom. The highest BCUT2D eigenvalue weighted by molar-refractivity contribution is 5.44. The SMILES string of the molecule is CC=O.Cc1cncc(C)n1. The maximum atomic E-state index is 8.81. The van der Waals surface area contributed by atoms with Gasteiger partial charge in [0.05, 0.1) is 11.4 Å². The van der Waals surface area contributed by atoms with Gasteiger partial charge < -0.3 is 4.79 Å². The Kier molecular flexibility index (Phi) is 4.90. The molecule has 1 aromatic rings. The first-order valence-corrected chi connectivity index (χ1v) is 3.35. The van der Waals surface area contributed by atoms with Gasteiger partial charge in [-0.25, -0.2) is 0 Å². The van der Waals surface area contributed by atoms with Crippen molar-refractivity contribution >= 4 is 6.29 Å². The number of aryl methyl sites for hydroxylation is 2. The number of rotatable bonds is 0. The molecule has 11 heavy (non-hydrogen) atoms. The van der Waals surface area contributed by atoms with E-state index in [9.17, 15) is 0 Å². The number of hydrogen-bond acceptors (Lipinski definition) is 3. The molecule has 0 N–H and O–H groups in total. The molecule has 1 rings (SSSR count). The Labute approximate surface area is 66.5 Å². The topological polar surface area (TPSA) is 42.9 Å². The van der Waals surface area contributed by atoms with E-state index in [1.165, 1.54) is 6.92 Å². The lowest BCUT2D eigenvalue weighted by atomic mass is 10.4. The minimum absolute atomic E-state index is 0.750. The molecule has 1 heterocycles. The van der Waals surface area contributed by atoms with Crippen molar-refractivity contribution < 1.29 is 4.79 Å². The van der Waals surface area contributed by atoms with Crippen LogP contribution in [0.5, 0.6) is 0 Å². The molecule has 0 aliphatic rings. The van der Waals surface area contributed by atoms with Crippen LogP contribution >= 0.6 is 0 Å². The Balaban J connectivity index is 0.000000292. The van der Waals surface area contributed by atoms with Gasteiger partial charge >= 0.3 is 0 Å². The number of hydrogen-bond donors (Lipinski definition) is 0. The number of aldehydes is 1. The third-order valence-electron chi connectivity index (χ3n) is 0.875. The van der Waals surface area contributed by atoms with Gasteiger partial charge in [-0.2, -0.15) is 0 Å². The Bertz CT molecular complexity index is 206. The lowest BCUT2D eigenvalue weighted by Gasteiger charge is -1.89. The minimum Gasteiger partial charge on any atom is -0.304 e. The minimum atomic E-state index is 0.750. The van der Waals surface area contributed by atoms with Crippen LogP contribution in [0.25, 0.3) is 0 Å². The molecule has 0 aliphatic carbocycles. The molecule has 0 fully saturated rings. The maximum Gasteiger partial charge on any atom is 0.116 e. The summed E-state index contributed by atoms with van der Waals surface area (Å²) in [5.74, 6) is 0. The van der Waals surface area contributed by atoms with Crippen LogP contribution in [0.2, 0.25) is 0 Å². The van der Waals surface area contributed by atoms with Gasteiger partial charge in [-0.15, -0.1) is 0 Å². The van der Waals surface area contributed by atoms with Crippen LogP contribution in [-0.2, 0) is 4.79 Å². The Hall–Kier alpha value is -1.25. The van der Waals surface area contributed by atoms with E-state index in [-0.39, 0.29) is 0 Å². The third-order valence-corrected chi connectivity index (χ3v) is 0.875. The number of carbonyl (C=O) groups is 1. The molecule has 0 aromatic carbocycles. The van der Waals surface area contributed by atoms with Gasteiger partial charge in [0.1, 0.15) is 6.29 Å². The van der Waals surface area contributed by atoms with Crippen LogP contribution in [0, 0.1) is 13.8 Å². The molecule has 0 saturated carbocycles. The van der Waals surface area contributed by atoms with Crippen LogP contribution in [0.1, 0.15) is 18.3 Å². The Morgan fingerprint density at radius 3 is 1.82 bits per heavy atom. The summed E-state index contributed by atoms with van der Waals surface area (Å²) in [4.78, 5) is 16.8. The summed E-state index contributed by atoms with van der Waals surface area (Å²) in [5, 5.41) is 0. The van der Waals surface area contributed by atoms with Gasteiger partial charge in [0.25, 0.3) is 0 Å². The lowest BCUT2D eigenvalue weighted by molar-refractivity contribution is -0.106. The highest BCUT2D eigenvalue weighted by Gasteiger charge is 1.83. The van der Waals surface area contributed by atoms with Gasteiger partial charge in [0.15, 0.2) is 0 Å². The monoisotopic (exact) mass is 152 g/mol. The molecule has 0 amide bonds. The van der Waals surface area contributed by atoms with E-state index < -0.39 is 0 Å². The van der Waals surface area contributed by atoms with Gasteiger partial charge in [0, 0.05) is 12.4 Å². The van der Waals surface area contributed by atoms with Crippen LogP contribution in [0.15, 0.2) is 12.4 Å². The van der Waals surface area contributed by atoms with Crippen molar-refractivity contribution in [3.8, 4) is 0 Å². The first kappa shape index (κ1) is 9.75. The quantitative estimate of drug-likeness (QED) is 0.526. The molecule has 0 spiro atoms. The zero-order chi connectivity index (χ0) is 8.69. The van der Waals surface area contributed by atoms with Crippen molar-refractivity contribution in [1.82, 2.24) is 9.97 Å². The van der Waals surface area contributed by atoms with Crippen LogP contribution in [0.4, 0.5) is 0 Å². The molecule has 0 atom stereocenters. The molecular weight excluding hydrogens is 140 g/mol. The average molecular weight is 152 g/mol. The predicted molar refractivity (Wildman–Crippen MR) is 43.2 cm³/mol. The van der Waals surface area contributed by atoms with Crippen molar-refractivity contribution in [2.45, 2.75) is 20.8 Å². The summed E-state index contributed by atoms with van der Waals surface area (Å²) in [7, 11) is 0. The van der Waals surface area contributed by atoms with Crippen molar-refractivity contribution in [2.75, 3.05) is 0 Å². The second-order valence-electron chi connectivity index (χ2n) is 2.04. The summed E-state index contributed by atoms with van der Waals surface area (Å²) in [5.41, 5.74) is 1.95. The maximum absolute atomic E-state index is 8.81.